The maximum Gasteiger partial charge on any atom is 0.203 e. The fourth-order valence-corrected chi connectivity index (χ4v) is 7.32. The third-order valence-electron chi connectivity index (χ3n) is 8.67. The van der Waals surface area contributed by atoms with Crippen LogP contribution < -0.4 is 0 Å². The van der Waals surface area contributed by atoms with Gasteiger partial charge >= 0.3 is 0 Å². The molecule has 0 heterocycles. The predicted molar refractivity (Wildman–Crippen MR) is 130 cm³/mol. The maximum absolute atomic E-state index is 14.2. The summed E-state index contributed by atoms with van der Waals surface area (Å²) in [5.74, 6) is -5.02. The van der Waals surface area contributed by atoms with E-state index in [1.165, 1.54) is 0 Å². The van der Waals surface area contributed by atoms with E-state index in [2.05, 4.69) is 0 Å². The van der Waals surface area contributed by atoms with E-state index in [0.29, 0.717) is 18.4 Å². The van der Waals surface area contributed by atoms with Gasteiger partial charge in [-0.1, -0.05) is 40.7 Å². The summed E-state index contributed by atoms with van der Waals surface area (Å²) in [5, 5.41) is 45.5. The van der Waals surface area contributed by atoms with Crippen molar-refractivity contribution in [2.75, 3.05) is 0 Å². The van der Waals surface area contributed by atoms with E-state index in [4.69, 9.17) is 0 Å². The molecule has 4 N–H and O–H groups in total. The number of hydrogen-bond donors (Lipinski definition) is 4. The number of rotatable bonds is 3. The van der Waals surface area contributed by atoms with Gasteiger partial charge in [-0.2, -0.15) is 0 Å². The zero-order chi connectivity index (χ0) is 26.4. The third kappa shape index (κ3) is 2.90. The smallest absolute Gasteiger partial charge is 0.203 e. The molecule has 7 nitrogen and oxygen atoms in total. The van der Waals surface area contributed by atoms with Gasteiger partial charge in [0.2, 0.25) is 5.78 Å². The standard InChI is InChI=1S/C28H34O7/c1-8-15-9-13(4)21(30)18-16(15)10-26(6)11-27(7)19(12(2)3)22(31)17(14(5)29)24(33)28(27,35)25(34)20(26)23(18)32/h9,12,19,30,32-33,35H,8,10-11H2,1-7H3/t19?,26-,27-,28+/m1/s1. The minimum atomic E-state index is -2.58. The highest BCUT2D eigenvalue weighted by Gasteiger charge is 2.72. The number of phenolic OH excluding ortho intramolecular Hbond substituents is 1. The molecule has 0 saturated heterocycles. The van der Waals surface area contributed by atoms with Crippen LogP contribution in [0.4, 0.5) is 0 Å². The van der Waals surface area contributed by atoms with E-state index >= 15 is 0 Å². The van der Waals surface area contributed by atoms with Crippen molar-refractivity contribution in [2.24, 2.45) is 22.7 Å². The lowest BCUT2D eigenvalue weighted by Crippen LogP contribution is -2.69. The Morgan fingerprint density at radius 1 is 1.17 bits per heavy atom. The predicted octanol–water partition coefficient (Wildman–Crippen LogP) is 4.06. The number of aliphatic hydroxyl groups is 3. The van der Waals surface area contributed by atoms with Crippen molar-refractivity contribution in [2.45, 2.75) is 73.3 Å². The van der Waals surface area contributed by atoms with Gasteiger partial charge < -0.3 is 20.4 Å². The second-order valence-electron chi connectivity index (χ2n) is 11.4. The number of Topliss-reactive ketones (excluding diaryl/α,β-unsaturated/α-hetero) is 3. The van der Waals surface area contributed by atoms with Crippen LogP contribution in [0.15, 0.2) is 23.0 Å². The molecule has 1 fully saturated rings. The van der Waals surface area contributed by atoms with E-state index < -0.39 is 56.8 Å². The van der Waals surface area contributed by atoms with E-state index in [1.807, 2.05) is 19.9 Å². The van der Waals surface area contributed by atoms with Crippen LogP contribution in [-0.2, 0) is 27.2 Å². The molecule has 4 atom stereocenters. The maximum atomic E-state index is 14.2. The molecule has 4 rings (SSSR count). The number of carbonyl (C=O) groups excluding carboxylic acids is 3. The van der Waals surface area contributed by atoms with E-state index in [1.54, 1.807) is 27.7 Å². The average molecular weight is 483 g/mol. The first-order valence-corrected chi connectivity index (χ1v) is 12.1. The molecule has 0 aromatic heterocycles. The molecule has 7 heteroatoms. The second kappa shape index (κ2) is 7.53. The first-order chi connectivity index (χ1) is 16.1. The van der Waals surface area contributed by atoms with Crippen LogP contribution in [0.25, 0.3) is 5.76 Å². The van der Waals surface area contributed by atoms with Crippen molar-refractivity contribution in [3.63, 3.8) is 0 Å². The molecular weight excluding hydrogens is 448 g/mol. The average Bonchev–Trinajstić information content (AvgIpc) is 2.72. The largest absolute Gasteiger partial charge is 0.508 e. The molecule has 0 bridgehead atoms. The first-order valence-electron chi connectivity index (χ1n) is 12.1. The van der Waals surface area contributed by atoms with Gasteiger partial charge in [0.1, 0.15) is 22.8 Å². The summed E-state index contributed by atoms with van der Waals surface area (Å²) in [4.78, 5) is 40.1. The normalized spacial score (nSPS) is 32.5. The number of hydrogen-bond acceptors (Lipinski definition) is 7. The fourth-order valence-electron chi connectivity index (χ4n) is 7.32. The molecular formula is C28H34O7. The summed E-state index contributed by atoms with van der Waals surface area (Å²) in [6, 6.07) is 1.87. The highest BCUT2D eigenvalue weighted by molar-refractivity contribution is 6.24. The monoisotopic (exact) mass is 482 g/mol. The molecule has 1 saturated carbocycles. The highest BCUT2D eigenvalue weighted by Crippen LogP contribution is 2.65. The zero-order valence-electron chi connectivity index (χ0n) is 21.4. The lowest BCUT2D eigenvalue weighted by molar-refractivity contribution is -0.178. The van der Waals surface area contributed by atoms with Crippen LogP contribution in [0.5, 0.6) is 5.75 Å². The zero-order valence-corrected chi connectivity index (χ0v) is 21.4. The SMILES string of the molecule is CCc1cc(C)c(O)c2c1C[C@]1(C)C[C@]3(C)C(C(C)C)C(=O)C(C(C)=O)=C(O)[C@]3(O)C(=O)C1=C2O. The summed E-state index contributed by atoms with van der Waals surface area (Å²) in [6.45, 7) is 11.8. The molecule has 3 aliphatic rings. The molecule has 0 aliphatic heterocycles. The first kappa shape index (κ1) is 25.2. The van der Waals surface area contributed by atoms with Crippen molar-refractivity contribution in [1.29, 1.82) is 0 Å². The molecule has 1 aromatic carbocycles. The van der Waals surface area contributed by atoms with Crippen LogP contribution in [0, 0.1) is 29.6 Å². The van der Waals surface area contributed by atoms with E-state index in [9.17, 15) is 34.8 Å². The molecule has 0 amide bonds. The summed E-state index contributed by atoms with van der Waals surface area (Å²) in [5.41, 5.74) is -3.29. The number of aryl methyl sites for hydroxylation is 2. The summed E-state index contributed by atoms with van der Waals surface area (Å²) in [7, 11) is 0. The van der Waals surface area contributed by atoms with E-state index in [-0.39, 0.29) is 29.2 Å². The molecule has 188 valence electrons. The number of benzene rings is 1. The third-order valence-corrected chi connectivity index (χ3v) is 8.67. The molecule has 1 aromatic rings. The molecule has 3 aliphatic carbocycles. The Bertz CT molecular complexity index is 1270. The van der Waals surface area contributed by atoms with E-state index in [0.717, 1.165) is 18.1 Å². The van der Waals surface area contributed by atoms with Crippen molar-refractivity contribution >= 4 is 23.1 Å². The molecule has 35 heavy (non-hydrogen) atoms. The van der Waals surface area contributed by atoms with Gasteiger partial charge in [0, 0.05) is 22.3 Å². The lowest BCUT2D eigenvalue weighted by Gasteiger charge is -2.59. The van der Waals surface area contributed by atoms with Gasteiger partial charge in [-0.05, 0) is 55.7 Å². The molecule has 1 unspecified atom stereocenters. The Morgan fingerprint density at radius 3 is 2.29 bits per heavy atom. The Hall–Kier alpha value is -2.93. The molecule has 0 radical (unpaired) electrons. The van der Waals surface area contributed by atoms with Gasteiger partial charge in [0.15, 0.2) is 17.2 Å². The molecule has 0 spiro atoms. The Morgan fingerprint density at radius 2 is 1.77 bits per heavy atom. The number of fused-ring (bicyclic) bond motifs is 3. The van der Waals surface area contributed by atoms with Crippen molar-refractivity contribution < 1.29 is 34.8 Å². The van der Waals surface area contributed by atoms with Gasteiger partial charge in [0.25, 0.3) is 0 Å². The van der Waals surface area contributed by atoms with Crippen LogP contribution in [-0.4, -0.2) is 43.4 Å². The number of carbonyl (C=O) groups is 3. The lowest BCUT2D eigenvalue weighted by atomic mass is 9.43. The summed E-state index contributed by atoms with van der Waals surface area (Å²) >= 11 is 0. The topological polar surface area (TPSA) is 132 Å². The Kier molecular flexibility index (Phi) is 5.42. The second-order valence-corrected chi connectivity index (χ2v) is 11.4. The highest BCUT2D eigenvalue weighted by atomic mass is 16.3. The van der Waals surface area contributed by atoms with Crippen LogP contribution in [0.2, 0.25) is 0 Å². The Balaban J connectivity index is 2.11. The van der Waals surface area contributed by atoms with Crippen molar-refractivity contribution in [1.82, 2.24) is 0 Å². The number of aromatic hydroxyl groups is 1. The van der Waals surface area contributed by atoms with Gasteiger partial charge in [-0.3, -0.25) is 14.4 Å². The van der Waals surface area contributed by atoms with Crippen molar-refractivity contribution in [3.8, 4) is 5.75 Å². The minimum Gasteiger partial charge on any atom is -0.508 e. The number of allylic oxidation sites excluding steroid dienone is 1. The summed E-state index contributed by atoms with van der Waals surface area (Å²) in [6.07, 6.45) is 1.05. The van der Waals surface area contributed by atoms with Crippen molar-refractivity contribution in [3.05, 3.63) is 45.2 Å². The number of aliphatic hydroxyl groups excluding tert-OH is 2. The minimum absolute atomic E-state index is 0.0979. The van der Waals surface area contributed by atoms with Gasteiger partial charge in [-0.15, -0.1) is 0 Å². The number of ketones is 3. The van der Waals surface area contributed by atoms with Crippen LogP contribution in [0.3, 0.4) is 0 Å². The summed E-state index contributed by atoms with van der Waals surface area (Å²) < 4.78 is 0. The van der Waals surface area contributed by atoms with Gasteiger partial charge in [-0.25, -0.2) is 0 Å². The fraction of sp³-hybridized carbons (Fsp3) is 0.536. The van der Waals surface area contributed by atoms with Gasteiger partial charge in [0.05, 0.1) is 5.56 Å². The Labute approximate surface area is 205 Å². The number of phenols is 1. The van der Waals surface area contributed by atoms with Crippen LogP contribution in [0.1, 0.15) is 70.2 Å². The quantitative estimate of drug-likeness (QED) is 0.478. The van der Waals surface area contributed by atoms with Crippen LogP contribution >= 0.6 is 0 Å².